The first-order valence-electron chi connectivity index (χ1n) is 12.1. The molecule has 2 aromatic carbocycles. The topological polar surface area (TPSA) is 95.3 Å². The Kier molecular flexibility index (Phi) is 6.52. The van der Waals surface area contributed by atoms with Gasteiger partial charge in [-0.05, 0) is 44.5 Å². The molecule has 8 heteroatoms. The first-order valence-corrected chi connectivity index (χ1v) is 12.1. The number of hydrogen-bond donors (Lipinski definition) is 1. The minimum atomic E-state index is -0.371. The summed E-state index contributed by atoms with van der Waals surface area (Å²) < 4.78 is 5.55. The summed E-state index contributed by atoms with van der Waals surface area (Å²) in [6.45, 7) is 8.39. The molecule has 0 saturated carbocycles. The highest BCUT2D eigenvalue weighted by Gasteiger charge is 2.29. The molecule has 0 spiro atoms. The molecule has 1 amide bonds. The molecular weight excluding hydrogens is 454 g/mol. The van der Waals surface area contributed by atoms with Gasteiger partial charge in [0.1, 0.15) is 5.56 Å². The quantitative estimate of drug-likeness (QED) is 0.457. The van der Waals surface area contributed by atoms with Crippen LogP contribution < -0.4 is 5.56 Å². The molecule has 2 aromatic heterocycles. The van der Waals surface area contributed by atoms with Gasteiger partial charge >= 0.3 is 0 Å². The Morgan fingerprint density at radius 2 is 1.69 bits per heavy atom. The number of piperazine rings is 1. The van der Waals surface area contributed by atoms with Crippen molar-refractivity contribution in [2.75, 3.05) is 26.2 Å². The monoisotopic (exact) mass is 483 g/mol. The van der Waals surface area contributed by atoms with Gasteiger partial charge in [0, 0.05) is 37.4 Å². The number of hydrogen-bond acceptors (Lipinski definition) is 6. The van der Waals surface area contributed by atoms with Crippen molar-refractivity contribution in [3.63, 3.8) is 0 Å². The molecule has 1 aliphatic heterocycles. The molecule has 8 nitrogen and oxygen atoms in total. The fraction of sp³-hybridized carbons (Fsp3) is 0.286. The van der Waals surface area contributed by atoms with Crippen LogP contribution in [0.2, 0.25) is 0 Å². The molecule has 1 N–H and O–H groups in total. The summed E-state index contributed by atoms with van der Waals surface area (Å²) in [5.41, 5.74) is 4.59. The molecule has 5 rings (SSSR count). The van der Waals surface area contributed by atoms with Gasteiger partial charge in [-0.2, -0.15) is 4.98 Å². The Bertz CT molecular complexity index is 1430. The summed E-state index contributed by atoms with van der Waals surface area (Å²) in [7, 11) is 0. The molecule has 1 atom stereocenters. The summed E-state index contributed by atoms with van der Waals surface area (Å²) in [4.78, 5) is 37.2. The lowest BCUT2D eigenvalue weighted by Gasteiger charge is -2.36. The molecule has 0 aliphatic carbocycles. The number of nitrogens with one attached hydrogen (secondary N) is 1. The van der Waals surface area contributed by atoms with Crippen molar-refractivity contribution in [3.05, 3.63) is 93.6 Å². The third-order valence-corrected chi connectivity index (χ3v) is 6.73. The zero-order valence-corrected chi connectivity index (χ0v) is 20.7. The van der Waals surface area contributed by atoms with Crippen LogP contribution in [0.25, 0.3) is 22.6 Å². The van der Waals surface area contributed by atoms with E-state index in [9.17, 15) is 9.59 Å². The summed E-state index contributed by atoms with van der Waals surface area (Å²) >= 11 is 0. The molecular formula is C28H29N5O3. The fourth-order valence-corrected chi connectivity index (χ4v) is 4.49. The van der Waals surface area contributed by atoms with Crippen LogP contribution in [0.1, 0.15) is 40.3 Å². The molecule has 4 aromatic rings. The SMILES string of the molecule is Cc1ccc(-c2noc(C(C)N3CCN(C(=O)c4ccc(-c5cccc(C)c5)[nH]c4=O)CC3)n2)cc1. The van der Waals surface area contributed by atoms with Crippen molar-refractivity contribution in [2.24, 2.45) is 0 Å². The predicted molar refractivity (Wildman–Crippen MR) is 138 cm³/mol. The Morgan fingerprint density at radius 1 is 0.944 bits per heavy atom. The van der Waals surface area contributed by atoms with Gasteiger partial charge in [-0.25, -0.2) is 0 Å². The van der Waals surface area contributed by atoms with Crippen LogP contribution in [-0.4, -0.2) is 57.0 Å². The number of aromatic amines is 1. The standard InChI is InChI=1S/C28H29N5O3/c1-18-7-9-21(10-8-18)25-30-27(36-31-25)20(3)32-13-15-33(16-14-32)28(35)23-11-12-24(29-26(23)34)22-6-4-5-19(2)17-22/h4-12,17,20H,13-16H2,1-3H3,(H,29,34). The van der Waals surface area contributed by atoms with Gasteiger partial charge in [-0.1, -0.05) is 58.7 Å². The van der Waals surface area contributed by atoms with Crippen LogP contribution >= 0.6 is 0 Å². The summed E-state index contributed by atoms with van der Waals surface area (Å²) in [6.07, 6.45) is 0. The number of aryl methyl sites for hydroxylation is 2. The van der Waals surface area contributed by atoms with E-state index in [-0.39, 0.29) is 23.1 Å². The Balaban J connectivity index is 1.22. The van der Waals surface area contributed by atoms with Crippen molar-refractivity contribution in [2.45, 2.75) is 26.8 Å². The number of carbonyl (C=O) groups is 1. The second kappa shape index (κ2) is 9.91. The van der Waals surface area contributed by atoms with E-state index in [0.29, 0.717) is 43.6 Å². The molecule has 1 aliphatic rings. The number of carbonyl (C=O) groups excluding carboxylic acids is 1. The number of H-pyrrole nitrogens is 1. The van der Waals surface area contributed by atoms with E-state index in [1.54, 1.807) is 17.0 Å². The number of amides is 1. The minimum Gasteiger partial charge on any atom is -0.337 e. The third kappa shape index (κ3) is 4.85. The fourth-order valence-electron chi connectivity index (χ4n) is 4.49. The first-order chi connectivity index (χ1) is 17.4. The lowest BCUT2D eigenvalue weighted by Crippen LogP contribution is -2.50. The maximum absolute atomic E-state index is 13.1. The highest BCUT2D eigenvalue weighted by Crippen LogP contribution is 2.24. The van der Waals surface area contributed by atoms with E-state index in [4.69, 9.17) is 4.52 Å². The van der Waals surface area contributed by atoms with Crippen LogP contribution in [0.4, 0.5) is 0 Å². The third-order valence-electron chi connectivity index (χ3n) is 6.73. The van der Waals surface area contributed by atoms with Crippen molar-refractivity contribution in [1.82, 2.24) is 24.9 Å². The van der Waals surface area contributed by atoms with Crippen LogP contribution in [0.15, 0.2) is 70.0 Å². The number of rotatable bonds is 5. The Hall–Kier alpha value is -4.04. The van der Waals surface area contributed by atoms with E-state index < -0.39 is 0 Å². The van der Waals surface area contributed by atoms with E-state index in [2.05, 4.69) is 20.0 Å². The van der Waals surface area contributed by atoms with E-state index >= 15 is 0 Å². The average molecular weight is 484 g/mol. The molecule has 36 heavy (non-hydrogen) atoms. The van der Waals surface area contributed by atoms with Gasteiger partial charge in [0.2, 0.25) is 11.7 Å². The summed E-state index contributed by atoms with van der Waals surface area (Å²) in [6, 6.07) is 19.2. The maximum atomic E-state index is 13.1. The molecule has 3 heterocycles. The van der Waals surface area contributed by atoms with Gasteiger partial charge < -0.3 is 14.4 Å². The average Bonchev–Trinajstić information content (AvgIpc) is 3.39. The van der Waals surface area contributed by atoms with Gasteiger partial charge in [-0.3, -0.25) is 14.5 Å². The van der Waals surface area contributed by atoms with Crippen LogP contribution in [0.5, 0.6) is 0 Å². The number of pyridine rings is 1. The highest BCUT2D eigenvalue weighted by atomic mass is 16.5. The van der Waals surface area contributed by atoms with Crippen molar-refractivity contribution >= 4 is 5.91 Å². The minimum absolute atomic E-state index is 0.0778. The van der Waals surface area contributed by atoms with Gasteiger partial charge in [0.05, 0.1) is 6.04 Å². The summed E-state index contributed by atoms with van der Waals surface area (Å²) in [5, 5.41) is 4.14. The molecule has 1 fully saturated rings. The second-order valence-corrected chi connectivity index (χ2v) is 9.31. The smallest absolute Gasteiger partial charge is 0.261 e. The zero-order chi connectivity index (χ0) is 25.2. The normalized spacial score (nSPS) is 15.1. The van der Waals surface area contributed by atoms with Gasteiger partial charge in [-0.15, -0.1) is 0 Å². The first kappa shape index (κ1) is 23.7. The largest absolute Gasteiger partial charge is 0.337 e. The lowest BCUT2D eigenvalue weighted by molar-refractivity contribution is 0.0550. The zero-order valence-electron chi connectivity index (χ0n) is 20.7. The summed E-state index contributed by atoms with van der Waals surface area (Å²) in [5.74, 6) is 0.867. The van der Waals surface area contributed by atoms with Gasteiger partial charge in [0.15, 0.2) is 0 Å². The van der Waals surface area contributed by atoms with Crippen LogP contribution in [0, 0.1) is 13.8 Å². The number of nitrogens with zero attached hydrogens (tertiary/aromatic N) is 4. The van der Waals surface area contributed by atoms with Crippen molar-refractivity contribution in [1.29, 1.82) is 0 Å². The maximum Gasteiger partial charge on any atom is 0.261 e. The molecule has 0 radical (unpaired) electrons. The molecule has 1 saturated heterocycles. The van der Waals surface area contributed by atoms with Crippen LogP contribution in [-0.2, 0) is 0 Å². The molecule has 184 valence electrons. The Labute approximate surface area is 209 Å². The highest BCUT2D eigenvalue weighted by molar-refractivity contribution is 5.94. The van der Waals surface area contributed by atoms with Crippen molar-refractivity contribution in [3.8, 4) is 22.6 Å². The van der Waals surface area contributed by atoms with Crippen molar-refractivity contribution < 1.29 is 9.32 Å². The van der Waals surface area contributed by atoms with E-state index in [1.165, 1.54) is 5.56 Å². The van der Waals surface area contributed by atoms with Crippen LogP contribution in [0.3, 0.4) is 0 Å². The number of benzene rings is 2. The molecule has 0 bridgehead atoms. The lowest BCUT2D eigenvalue weighted by atomic mass is 10.1. The number of aromatic nitrogens is 3. The van der Waals surface area contributed by atoms with Gasteiger partial charge in [0.25, 0.3) is 11.5 Å². The second-order valence-electron chi connectivity index (χ2n) is 9.31. The van der Waals surface area contributed by atoms with E-state index in [1.807, 2.05) is 69.3 Å². The predicted octanol–water partition coefficient (Wildman–Crippen LogP) is 4.23. The molecule has 1 unspecified atom stereocenters. The Morgan fingerprint density at radius 3 is 2.39 bits per heavy atom. The van der Waals surface area contributed by atoms with E-state index in [0.717, 1.165) is 16.7 Å².